The van der Waals surface area contributed by atoms with Gasteiger partial charge >= 0.3 is 0 Å². The van der Waals surface area contributed by atoms with Crippen LogP contribution in [0.25, 0.3) is 0 Å². The molecule has 1 aliphatic rings. The largest absolute Gasteiger partial charge is 0.354 e. The quantitative estimate of drug-likeness (QED) is 0.401. The Hall–Kier alpha value is -0.570. The molecule has 0 aromatic carbocycles. The van der Waals surface area contributed by atoms with Crippen molar-refractivity contribution in [3.63, 3.8) is 0 Å². The molecule has 0 aromatic rings. The van der Waals surface area contributed by atoms with Crippen LogP contribution in [0.5, 0.6) is 0 Å². The van der Waals surface area contributed by atoms with E-state index >= 15 is 0 Å². The second-order valence-corrected chi connectivity index (χ2v) is 1.18. The molecule has 1 rings (SSSR count). The van der Waals surface area contributed by atoms with Crippen LogP contribution in [-0.2, 0) is 4.79 Å². The molecule has 0 aliphatic carbocycles. The first kappa shape index (κ1) is 1.74. The van der Waals surface area contributed by atoms with Crippen molar-refractivity contribution in [1.82, 2.24) is 10.6 Å². The number of carbonyl (C=O) groups excluding carboxylic acids is 1. The van der Waals surface area contributed by atoms with Gasteiger partial charge in [-0.15, -0.1) is 0 Å². The van der Waals surface area contributed by atoms with Gasteiger partial charge in [0.05, 0.1) is 9.24 Å². The average Bonchev–Trinajstić information content (AvgIpc) is 1.95. The van der Waals surface area contributed by atoms with Gasteiger partial charge in [0, 0.05) is 13.1 Å². The SMILES string of the molecule is [2H]N1CCN([2H])C([2H])([2H])C1=O. The Kier molecular flexibility index (Phi) is 0.481. The molecule has 1 amide bonds. The molecular weight excluding hydrogens is 92.1 g/mol. The number of amides is 1. The van der Waals surface area contributed by atoms with Crippen LogP contribution in [0.2, 0.25) is 2.82 Å². The van der Waals surface area contributed by atoms with E-state index in [4.69, 9.17) is 5.57 Å². The molecular formula is C4H8N2O. The third-order valence-corrected chi connectivity index (χ3v) is 0.642. The molecule has 0 aromatic heterocycles. The third kappa shape index (κ3) is 1.16. The molecule has 40 valence electrons. The highest BCUT2D eigenvalue weighted by Gasteiger charge is 2.02. The van der Waals surface area contributed by atoms with Crippen LogP contribution in [-0.4, -0.2) is 25.5 Å². The number of hydrogen-bond donors (Lipinski definition) is 2. The van der Waals surface area contributed by atoms with E-state index in [0.29, 0.717) is 10.6 Å². The Labute approximate surface area is 47.8 Å². The van der Waals surface area contributed by atoms with Crippen molar-refractivity contribution in [3.05, 3.63) is 0 Å². The minimum absolute atomic E-state index is 0.0717. The monoisotopic (exact) mass is 104 g/mol. The van der Waals surface area contributed by atoms with E-state index < -0.39 is 12.4 Å². The highest BCUT2D eigenvalue weighted by Crippen LogP contribution is 1.69. The molecule has 3 nitrogen and oxygen atoms in total. The summed E-state index contributed by atoms with van der Waals surface area (Å²) in [6, 6.07) is 0. The number of nitrogens with one attached hydrogen (secondary N) is 2. The van der Waals surface area contributed by atoms with Gasteiger partial charge in [-0.2, -0.15) is 0 Å². The van der Waals surface area contributed by atoms with Gasteiger partial charge in [-0.05, 0) is 0 Å². The van der Waals surface area contributed by atoms with Gasteiger partial charge in [-0.1, -0.05) is 0 Å². The van der Waals surface area contributed by atoms with E-state index in [9.17, 15) is 4.79 Å². The molecule has 1 aliphatic heterocycles. The molecule has 1 fully saturated rings. The zero-order valence-corrected chi connectivity index (χ0v) is 3.72. The van der Waals surface area contributed by atoms with Crippen LogP contribution in [0.3, 0.4) is 0 Å². The number of piperazine rings is 1. The van der Waals surface area contributed by atoms with Crippen LogP contribution in [0.1, 0.15) is 2.74 Å². The lowest BCUT2D eigenvalue weighted by Gasteiger charge is -2.11. The highest BCUT2D eigenvalue weighted by atomic mass is 16.2. The van der Waals surface area contributed by atoms with Crippen molar-refractivity contribution in [2.75, 3.05) is 19.6 Å². The normalized spacial score (nSPS) is 41.1. The standard InChI is InChI=1S/C4H8N2O/c7-4-3-5-1-2-6-4/h5H,1-3H2,(H,6,7)/i3D2/hD2. The second kappa shape index (κ2) is 1.93. The second-order valence-electron chi connectivity index (χ2n) is 1.18. The van der Waals surface area contributed by atoms with Crippen LogP contribution < -0.4 is 10.6 Å². The van der Waals surface area contributed by atoms with Crippen molar-refractivity contribution in [2.45, 2.75) is 0 Å². The lowest BCUT2D eigenvalue weighted by molar-refractivity contribution is -0.121. The van der Waals surface area contributed by atoms with Crippen LogP contribution in [0, 0.1) is 0 Å². The zero-order chi connectivity index (χ0) is 8.65. The van der Waals surface area contributed by atoms with Crippen LogP contribution in [0.15, 0.2) is 0 Å². The Morgan fingerprint density at radius 2 is 2.71 bits per heavy atom. The highest BCUT2D eigenvalue weighted by molar-refractivity contribution is 5.78. The first-order valence-electron chi connectivity index (χ1n) is 3.93. The van der Waals surface area contributed by atoms with E-state index in [1.54, 1.807) is 0 Å². The first-order chi connectivity index (χ1) is 4.96. The summed E-state index contributed by atoms with van der Waals surface area (Å²) in [6.45, 7) is -2.18. The maximum Gasteiger partial charge on any atom is 0.234 e. The Bertz CT molecular complexity index is 185. The average molecular weight is 104 g/mol. The maximum absolute atomic E-state index is 10.9. The molecule has 0 radical (unpaired) electrons. The van der Waals surface area contributed by atoms with Crippen molar-refractivity contribution < 1.29 is 10.4 Å². The summed E-state index contributed by atoms with van der Waals surface area (Å²) in [5, 5.41) is 1.10. The summed E-state index contributed by atoms with van der Waals surface area (Å²) < 4.78 is 28.1. The van der Waals surface area contributed by atoms with E-state index in [1.165, 1.54) is 0 Å². The fourth-order valence-corrected chi connectivity index (χ4v) is 0.360. The smallest absolute Gasteiger partial charge is 0.234 e. The fourth-order valence-electron chi connectivity index (χ4n) is 0.360. The van der Waals surface area contributed by atoms with Crippen LogP contribution in [0.4, 0.5) is 0 Å². The number of rotatable bonds is 0. The molecule has 0 bridgehead atoms. The number of hydrogen-bond acceptors (Lipinski definition) is 2. The van der Waals surface area contributed by atoms with Gasteiger partial charge in [0.2, 0.25) is 5.91 Å². The molecule has 0 unspecified atom stereocenters. The summed E-state index contributed by atoms with van der Waals surface area (Å²) in [5.74, 6) is -0.973. The van der Waals surface area contributed by atoms with E-state index in [0.717, 1.165) is 0 Å². The van der Waals surface area contributed by atoms with Gasteiger partial charge in [-0.25, -0.2) is 0 Å². The summed E-state index contributed by atoms with van der Waals surface area (Å²) in [5.41, 5.74) is 0. The lowest BCUT2D eigenvalue weighted by atomic mass is 10.4. The molecule has 1 saturated heterocycles. The zero-order valence-electron chi connectivity index (χ0n) is 7.72. The minimum Gasteiger partial charge on any atom is -0.354 e. The maximum atomic E-state index is 10.9. The molecule has 2 N–H and O–H groups in total. The molecule has 1 heterocycles. The van der Waals surface area contributed by atoms with Gasteiger partial charge < -0.3 is 10.6 Å². The Morgan fingerprint density at radius 3 is 3.43 bits per heavy atom. The van der Waals surface area contributed by atoms with Crippen molar-refractivity contribution in [3.8, 4) is 0 Å². The molecule has 0 spiro atoms. The summed E-state index contributed by atoms with van der Waals surface area (Å²) in [4.78, 5) is 10.9. The summed E-state index contributed by atoms with van der Waals surface area (Å²) >= 11 is 0. The van der Waals surface area contributed by atoms with Crippen molar-refractivity contribution >= 4 is 5.91 Å². The van der Waals surface area contributed by atoms with Crippen LogP contribution >= 0.6 is 0 Å². The Balaban J connectivity index is 2.81. The van der Waals surface area contributed by atoms with Crippen molar-refractivity contribution in [2.24, 2.45) is 0 Å². The molecule has 7 heavy (non-hydrogen) atoms. The summed E-state index contributed by atoms with van der Waals surface area (Å²) in [7, 11) is 0. The van der Waals surface area contributed by atoms with Gasteiger partial charge in [-0.3, -0.25) is 4.79 Å². The Morgan fingerprint density at radius 1 is 1.86 bits per heavy atom. The number of carbonyl (C=O) groups is 1. The minimum atomic E-state index is -2.33. The molecule has 0 saturated carbocycles. The molecule has 0 atom stereocenters. The first-order valence-corrected chi connectivity index (χ1v) is 2.03. The van der Waals surface area contributed by atoms with Gasteiger partial charge in [0.25, 0.3) is 0 Å². The topological polar surface area (TPSA) is 41.1 Å². The van der Waals surface area contributed by atoms with Gasteiger partial charge in [0.1, 0.15) is 1.41 Å². The van der Waals surface area contributed by atoms with Crippen molar-refractivity contribution in [1.29, 1.82) is 0 Å². The van der Waals surface area contributed by atoms with E-state index in [2.05, 4.69) is 0 Å². The molecule has 3 heteroatoms. The predicted molar refractivity (Wildman–Crippen MR) is 25.9 cm³/mol. The van der Waals surface area contributed by atoms with E-state index in [1.807, 2.05) is 0 Å². The third-order valence-electron chi connectivity index (χ3n) is 0.642. The predicted octanol–water partition coefficient (Wildman–Crippen LogP) is -1.29. The van der Waals surface area contributed by atoms with E-state index in [-0.39, 0.29) is 13.1 Å². The van der Waals surface area contributed by atoms with Gasteiger partial charge in [0.15, 0.2) is 1.41 Å². The lowest BCUT2D eigenvalue weighted by Crippen LogP contribution is -2.44. The summed E-state index contributed by atoms with van der Waals surface area (Å²) in [6.07, 6.45) is 0. The fraction of sp³-hybridized carbons (Fsp3) is 0.750.